The number of benzene rings is 1. The topological polar surface area (TPSA) is 98.4 Å². The van der Waals surface area contributed by atoms with Gasteiger partial charge in [0.1, 0.15) is 11.9 Å². The highest BCUT2D eigenvalue weighted by molar-refractivity contribution is 5.90. The molecule has 1 aromatic heterocycles. The van der Waals surface area contributed by atoms with E-state index in [-0.39, 0.29) is 31.3 Å². The van der Waals surface area contributed by atoms with Crippen molar-refractivity contribution in [1.82, 2.24) is 20.9 Å². The quantitative estimate of drug-likeness (QED) is 0.513. The average Bonchev–Trinajstić information content (AvgIpc) is 3.25. The van der Waals surface area contributed by atoms with E-state index in [1.807, 2.05) is 42.2 Å². The Hall–Kier alpha value is -3.50. The van der Waals surface area contributed by atoms with Crippen molar-refractivity contribution >= 4 is 29.1 Å². The van der Waals surface area contributed by atoms with Crippen LogP contribution in [0.1, 0.15) is 24.0 Å². The van der Waals surface area contributed by atoms with Crippen LogP contribution in [0.15, 0.2) is 36.5 Å². The molecule has 4 rings (SSSR count). The zero-order valence-corrected chi connectivity index (χ0v) is 18.7. The number of urea groups is 1. The van der Waals surface area contributed by atoms with Gasteiger partial charge in [0.25, 0.3) is 0 Å². The van der Waals surface area contributed by atoms with Crippen molar-refractivity contribution in [2.45, 2.75) is 38.5 Å². The van der Waals surface area contributed by atoms with E-state index in [1.165, 1.54) is 0 Å². The number of aromatic nitrogens is 1. The fraction of sp³-hybridized carbons (Fsp3) is 0.435. The summed E-state index contributed by atoms with van der Waals surface area (Å²) < 4.78 is 38.7. The first-order valence-electron chi connectivity index (χ1n) is 11.2. The second-order valence-corrected chi connectivity index (χ2v) is 8.61. The number of carbonyl (C=O) groups is 2. The highest BCUT2D eigenvalue weighted by Gasteiger charge is 2.41. The third-order valence-electron chi connectivity index (χ3n) is 6.17. The number of nitrogens with zero attached hydrogens (tertiary/aromatic N) is 2. The third kappa shape index (κ3) is 5.70. The van der Waals surface area contributed by atoms with Crippen LogP contribution < -0.4 is 26.2 Å². The summed E-state index contributed by atoms with van der Waals surface area (Å²) in [7, 11) is 0. The molecule has 2 saturated heterocycles. The van der Waals surface area contributed by atoms with Crippen LogP contribution in [0.3, 0.4) is 0 Å². The van der Waals surface area contributed by atoms with E-state index in [4.69, 9.17) is 0 Å². The Kier molecular flexibility index (Phi) is 6.80. The zero-order chi connectivity index (χ0) is 24.3. The van der Waals surface area contributed by atoms with Crippen LogP contribution in [-0.2, 0) is 11.3 Å². The second-order valence-electron chi connectivity index (χ2n) is 8.61. The Morgan fingerprint density at radius 3 is 2.50 bits per heavy atom. The largest absolute Gasteiger partial charge is 0.391 e. The summed E-state index contributed by atoms with van der Waals surface area (Å²) >= 11 is 0. The second kappa shape index (κ2) is 9.78. The molecule has 0 saturated carbocycles. The molecule has 34 heavy (non-hydrogen) atoms. The summed E-state index contributed by atoms with van der Waals surface area (Å²) in [5, 5.41) is 11.2. The number of carbonyl (C=O) groups excluding carboxylic acids is 2. The molecule has 0 radical (unpaired) electrons. The monoisotopic (exact) mass is 476 g/mol. The minimum atomic E-state index is -4.13. The molecule has 2 aliphatic rings. The first-order chi connectivity index (χ1) is 16.2. The molecule has 0 spiro atoms. The molecule has 2 fully saturated rings. The Labute approximate surface area is 195 Å². The number of amides is 3. The van der Waals surface area contributed by atoms with Crippen LogP contribution in [0.4, 0.5) is 35.2 Å². The lowest BCUT2D eigenvalue weighted by Crippen LogP contribution is -2.42. The van der Waals surface area contributed by atoms with Gasteiger partial charge in [-0.25, -0.2) is 9.78 Å². The lowest BCUT2D eigenvalue weighted by Gasteiger charge is -2.33. The van der Waals surface area contributed by atoms with E-state index in [2.05, 4.69) is 26.3 Å². The maximum absolute atomic E-state index is 12.9. The number of piperidine rings is 1. The predicted molar refractivity (Wildman–Crippen MR) is 122 cm³/mol. The molecule has 2 aromatic rings. The van der Waals surface area contributed by atoms with Gasteiger partial charge in [-0.3, -0.25) is 4.79 Å². The maximum Gasteiger partial charge on any atom is 0.391 e. The standard InChI is InChI=1S/C23H27F3N6O2/c1-14-10-20(32-8-6-16(7-9-32)23(24,25)26)27-12-18(14)30-17-4-2-15(3-5-17)11-28-21(33)19-13-29-22(34)31-19/h2-5,10,12,16,19,30H,6-9,11,13H2,1H3,(H,28,33)(H2,29,31,34). The van der Waals surface area contributed by atoms with Crippen LogP contribution in [-0.4, -0.2) is 48.8 Å². The molecule has 8 nitrogen and oxygen atoms in total. The van der Waals surface area contributed by atoms with Gasteiger partial charge in [0, 0.05) is 31.9 Å². The molecule has 182 valence electrons. The van der Waals surface area contributed by atoms with Gasteiger partial charge >= 0.3 is 12.2 Å². The van der Waals surface area contributed by atoms with Gasteiger partial charge in [0.2, 0.25) is 5.91 Å². The molecule has 1 aromatic carbocycles. The summed E-state index contributed by atoms with van der Waals surface area (Å²) in [4.78, 5) is 29.6. The van der Waals surface area contributed by atoms with E-state index in [0.717, 1.165) is 22.5 Å². The normalized spacial score (nSPS) is 18.9. The number of pyridine rings is 1. The molecule has 2 aliphatic heterocycles. The highest BCUT2D eigenvalue weighted by atomic mass is 19.4. The number of alkyl halides is 3. The number of rotatable bonds is 6. The van der Waals surface area contributed by atoms with Crippen LogP contribution in [0, 0.1) is 12.8 Å². The molecular formula is C23H27F3N6O2. The van der Waals surface area contributed by atoms with Gasteiger partial charge in [-0.2, -0.15) is 13.2 Å². The first-order valence-corrected chi connectivity index (χ1v) is 11.2. The number of halogens is 3. The molecule has 1 unspecified atom stereocenters. The van der Waals surface area contributed by atoms with E-state index in [0.29, 0.717) is 25.5 Å². The first kappa shape index (κ1) is 23.7. The summed E-state index contributed by atoms with van der Waals surface area (Å²) in [6.45, 7) is 3.21. The van der Waals surface area contributed by atoms with Crippen LogP contribution in [0.2, 0.25) is 0 Å². The summed E-state index contributed by atoms with van der Waals surface area (Å²) in [6, 6.07) is 8.51. The van der Waals surface area contributed by atoms with E-state index < -0.39 is 18.1 Å². The number of anilines is 3. The Morgan fingerprint density at radius 2 is 1.91 bits per heavy atom. The Morgan fingerprint density at radius 1 is 1.21 bits per heavy atom. The van der Waals surface area contributed by atoms with Gasteiger partial charge in [-0.05, 0) is 49.1 Å². The molecule has 0 bridgehead atoms. The smallest absolute Gasteiger partial charge is 0.357 e. The van der Waals surface area contributed by atoms with E-state index in [9.17, 15) is 22.8 Å². The van der Waals surface area contributed by atoms with Crippen molar-refractivity contribution < 1.29 is 22.8 Å². The zero-order valence-electron chi connectivity index (χ0n) is 18.7. The third-order valence-corrected chi connectivity index (χ3v) is 6.17. The molecule has 1 atom stereocenters. The van der Waals surface area contributed by atoms with Crippen molar-refractivity contribution in [3.8, 4) is 0 Å². The van der Waals surface area contributed by atoms with E-state index in [1.54, 1.807) is 6.20 Å². The van der Waals surface area contributed by atoms with Crippen LogP contribution >= 0.6 is 0 Å². The molecule has 0 aliphatic carbocycles. The van der Waals surface area contributed by atoms with Crippen molar-refractivity contribution in [2.24, 2.45) is 5.92 Å². The average molecular weight is 477 g/mol. The fourth-order valence-electron chi connectivity index (χ4n) is 4.07. The molecule has 3 heterocycles. The Balaban J connectivity index is 1.30. The molecule has 4 N–H and O–H groups in total. The van der Waals surface area contributed by atoms with Crippen molar-refractivity contribution in [2.75, 3.05) is 29.9 Å². The predicted octanol–water partition coefficient (Wildman–Crippen LogP) is 3.21. The summed E-state index contributed by atoms with van der Waals surface area (Å²) in [6.07, 6.45) is -2.26. The number of aryl methyl sites for hydroxylation is 1. The van der Waals surface area contributed by atoms with Gasteiger partial charge in [-0.1, -0.05) is 12.1 Å². The fourth-order valence-corrected chi connectivity index (χ4v) is 4.07. The minimum absolute atomic E-state index is 0.0865. The van der Waals surface area contributed by atoms with Crippen molar-refractivity contribution in [3.63, 3.8) is 0 Å². The summed E-state index contributed by atoms with van der Waals surface area (Å²) in [5.41, 5.74) is 3.49. The van der Waals surface area contributed by atoms with E-state index >= 15 is 0 Å². The van der Waals surface area contributed by atoms with Gasteiger partial charge in [0.15, 0.2) is 0 Å². The molecular weight excluding hydrogens is 449 g/mol. The SMILES string of the molecule is Cc1cc(N2CCC(C(F)(F)F)CC2)ncc1Nc1ccc(CNC(=O)C2CNC(=O)N2)cc1. The van der Waals surface area contributed by atoms with Crippen LogP contribution in [0.5, 0.6) is 0 Å². The Bertz CT molecular complexity index is 1040. The number of hydrogen-bond acceptors (Lipinski definition) is 5. The lowest BCUT2D eigenvalue weighted by atomic mass is 9.96. The van der Waals surface area contributed by atoms with Gasteiger partial charge < -0.3 is 26.2 Å². The molecule has 11 heteroatoms. The minimum Gasteiger partial charge on any atom is -0.357 e. The van der Waals surface area contributed by atoms with Gasteiger partial charge in [0.05, 0.1) is 17.8 Å². The van der Waals surface area contributed by atoms with Crippen molar-refractivity contribution in [3.05, 3.63) is 47.7 Å². The molecule has 3 amide bonds. The van der Waals surface area contributed by atoms with Crippen LogP contribution in [0.25, 0.3) is 0 Å². The maximum atomic E-state index is 12.9. The number of hydrogen-bond donors (Lipinski definition) is 4. The lowest BCUT2D eigenvalue weighted by molar-refractivity contribution is -0.179. The van der Waals surface area contributed by atoms with Crippen molar-refractivity contribution in [1.29, 1.82) is 0 Å². The summed E-state index contributed by atoms with van der Waals surface area (Å²) in [5.74, 6) is -0.795. The van der Waals surface area contributed by atoms with Gasteiger partial charge in [-0.15, -0.1) is 0 Å². The number of nitrogens with one attached hydrogen (secondary N) is 4. The highest BCUT2D eigenvalue weighted by Crippen LogP contribution is 2.35.